The van der Waals surface area contributed by atoms with Gasteiger partial charge < -0.3 is 19.0 Å². The molecule has 0 aliphatic carbocycles. The number of hydrogen-bond donors (Lipinski definition) is 0. The van der Waals surface area contributed by atoms with Crippen LogP contribution in [0, 0.1) is 5.92 Å². The van der Waals surface area contributed by atoms with E-state index in [0.717, 1.165) is 37.3 Å². The second-order valence-electron chi connectivity index (χ2n) is 11.8. The Bertz CT molecular complexity index is 839. The Morgan fingerprint density at radius 1 is 1.06 bits per heavy atom. The van der Waals surface area contributed by atoms with Crippen molar-refractivity contribution in [3.8, 4) is 0 Å². The Labute approximate surface area is 206 Å². The fraction of sp³-hybridized carbons (Fsp3) is 0.792. The summed E-state index contributed by atoms with van der Waals surface area (Å²) < 4.78 is 11.9. The zero-order valence-electron chi connectivity index (χ0n) is 21.4. The SMILES string of the molecule is CC(C)(C)OC(=O)N1CC(c2nnc(Cl)cc2N2CCC(C(C)(C)O[Si]C(C)(C)C)CC2)C1. The van der Waals surface area contributed by atoms with Crippen LogP contribution in [0.25, 0.3) is 0 Å². The fourth-order valence-corrected chi connectivity index (χ4v) is 5.10. The van der Waals surface area contributed by atoms with E-state index in [1.807, 2.05) is 26.8 Å². The van der Waals surface area contributed by atoms with Crippen molar-refractivity contribution in [1.29, 1.82) is 0 Å². The third kappa shape index (κ3) is 7.05. The second kappa shape index (κ2) is 9.70. The van der Waals surface area contributed by atoms with Crippen LogP contribution in [-0.2, 0) is 9.16 Å². The molecule has 1 amide bonds. The maximum Gasteiger partial charge on any atom is 0.410 e. The van der Waals surface area contributed by atoms with Crippen molar-refractivity contribution in [3.63, 3.8) is 0 Å². The van der Waals surface area contributed by atoms with Crippen molar-refractivity contribution < 1.29 is 14.0 Å². The van der Waals surface area contributed by atoms with E-state index >= 15 is 0 Å². The molecule has 2 aliphatic heterocycles. The van der Waals surface area contributed by atoms with Gasteiger partial charge in [-0.05, 0) is 58.4 Å². The highest BCUT2D eigenvalue weighted by Gasteiger charge is 2.39. The molecule has 2 fully saturated rings. The lowest BCUT2D eigenvalue weighted by atomic mass is 9.83. The standard InChI is InChI=1S/C24H39ClN4O3Si/c1-22(2,3)31-21(30)29-14-16(15-29)20-18(13-19(25)26-27-20)28-11-9-17(10-12-28)24(7,8)32-33-23(4,5)6/h13,16-17H,9-12,14-15H2,1-8H3. The highest BCUT2D eigenvalue weighted by molar-refractivity contribution is 6.31. The first kappa shape index (κ1) is 26.2. The predicted octanol–water partition coefficient (Wildman–Crippen LogP) is 5.31. The number of aromatic nitrogens is 2. The number of likely N-dealkylation sites (tertiary alicyclic amines) is 1. The molecular weight excluding hydrogens is 456 g/mol. The Kier molecular flexibility index (Phi) is 7.71. The molecule has 2 saturated heterocycles. The molecule has 184 valence electrons. The number of amides is 1. The third-order valence-corrected chi connectivity index (χ3v) is 7.56. The van der Waals surface area contributed by atoms with Crippen LogP contribution in [0.2, 0.25) is 10.2 Å². The number of ether oxygens (including phenoxy) is 1. The summed E-state index contributed by atoms with van der Waals surface area (Å²) in [6.07, 6.45) is 1.83. The van der Waals surface area contributed by atoms with E-state index in [9.17, 15) is 4.79 Å². The zero-order chi connectivity index (χ0) is 24.6. The van der Waals surface area contributed by atoms with E-state index in [0.29, 0.717) is 33.9 Å². The second-order valence-corrected chi connectivity index (χ2v) is 14.1. The van der Waals surface area contributed by atoms with E-state index in [4.69, 9.17) is 20.8 Å². The van der Waals surface area contributed by atoms with Gasteiger partial charge in [-0.15, -0.1) is 5.10 Å². The Morgan fingerprint density at radius 2 is 1.67 bits per heavy atom. The van der Waals surface area contributed by atoms with Crippen molar-refractivity contribution in [2.24, 2.45) is 5.92 Å². The third-order valence-electron chi connectivity index (χ3n) is 6.13. The lowest BCUT2D eigenvalue weighted by molar-refractivity contribution is 0.00782. The largest absolute Gasteiger partial charge is 0.444 e. The Balaban J connectivity index is 1.62. The minimum atomic E-state index is -0.497. The number of halogens is 1. The lowest BCUT2D eigenvalue weighted by Crippen LogP contribution is -2.51. The molecule has 2 aliphatic rings. The van der Waals surface area contributed by atoms with Crippen molar-refractivity contribution in [3.05, 3.63) is 16.9 Å². The number of carbonyl (C=O) groups is 1. The molecule has 7 nitrogen and oxygen atoms in total. The number of hydrogen-bond acceptors (Lipinski definition) is 6. The molecule has 2 radical (unpaired) electrons. The van der Waals surface area contributed by atoms with Crippen LogP contribution in [-0.4, -0.2) is 68.3 Å². The van der Waals surface area contributed by atoms with Crippen LogP contribution in [0.4, 0.5) is 10.5 Å². The molecular formula is C24H39ClN4O3Si. The van der Waals surface area contributed by atoms with Gasteiger partial charge in [-0.1, -0.05) is 32.4 Å². The van der Waals surface area contributed by atoms with Gasteiger partial charge in [-0.2, -0.15) is 5.10 Å². The van der Waals surface area contributed by atoms with Crippen LogP contribution in [0.1, 0.15) is 79.8 Å². The molecule has 3 rings (SSSR count). The van der Waals surface area contributed by atoms with Gasteiger partial charge in [0.1, 0.15) is 5.60 Å². The predicted molar refractivity (Wildman–Crippen MR) is 133 cm³/mol. The molecule has 3 heterocycles. The molecule has 0 bridgehead atoms. The highest BCUT2D eigenvalue weighted by atomic mass is 35.5. The first-order valence-corrected chi connectivity index (χ1v) is 13.1. The molecule has 0 N–H and O–H groups in total. The smallest absolute Gasteiger partial charge is 0.410 e. The molecule has 1 aromatic rings. The minimum absolute atomic E-state index is 0.141. The Morgan fingerprint density at radius 3 is 2.21 bits per heavy atom. The lowest BCUT2D eigenvalue weighted by Gasteiger charge is -2.44. The zero-order valence-corrected chi connectivity index (χ0v) is 23.1. The molecule has 33 heavy (non-hydrogen) atoms. The molecule has 0 spiro atoms. The fourth-order valence-electron chi connectivity index (χ4n) is 4.22. The van der Waals surface area contributed by atoms with Crippen LogP contribution >= 0.6 is 11.6 Å². The van der Waals surface area contributed by atoms with Gasteiger partial charge >= 0.3 is 6.09 Å². The first-order valence-electron chi connectivity index (χ1n) is 11.9. The van der Waals surface area contributed by atoms with Gasteiger partial charge in [0, 0.05) is 38.2 Å². The molecule has 0 atom stereocenters. The van der Waals surface area contributed by atoms with Crippen molar-refractivity contribution >= 4 is 33.1 Å². The maximum absolute atomic E-state index is 12.3. The minimum Gasteiger partial charge on any atom is -0.444 e. The summed E-state index contributed by atoms with van der Waals surface area (Å²) in [6, 6.07) is 1.92. The summed E-state index contributed by atoms with van der Waals surface area (Å²) in [5.74, 6) is 0.645. The van der Waals surface area contributed by atoms with Crippen molar-refractivity contribution in [2.45, 2.75) is 90.4 Å². The van der Waals surface area contributed by atoms with E-state index < -0.39 is 5.60 Å². The van der Waals surface area contributed by atoms with Gasteiger partial charge in [-0.3, -0.25) is 0 Å². The van der Waals surface area contributed by atoms with Crippen LogP contribution < -0.4 is 4.90 Å². The molecule has 0 unspecified atom stereocenters. The van der Waals surface area contributed by atoms with Gasteiger partial charge in [0.15, 0.2) is 5.15 Å². The first-order chi connectivity index (χ1) is 15.1. The van der Waals surface area contributed by atoms with Gasteiger partial charge in [-0.25, -0.2) is 4.79 Å². The molecule has 0 saturated carbocycles. The summed E-state index contributed by atoms with van der Waals surface area (Å²) in [4.78, 5) is 16.4. The number of rotatable bonds is 5. The summed E-state index contributed by atoms with van der Waals surface area (Å²) in [6.45, 7) is 19.8. The van der Waals surface area contributed by atoms with E-state index in [2.05, 4.69) is 49.7 Å². The van der Waals surface area contributed by atoms with Crippen LogP contribution in [0.5, 0.6) is 0 Å². The quantitative estimate of drug-likeness (QED) is 0.516. The van der Waals surface area contributed by atoms with Gasteiger partial charge in [0.2, 0.25) is 9.76 Å². The van der Waals surface area contributed by atoms with Crippen LogP contribution in [0.15, 0.2) is 6.07 Å². The molecule has 1 aromatic heterocycles. The summed E-state index contributed by atoms with van der Waals surface area (Å²) in [5.41, 5.74) is 1.32. The van der Waals surface area contributed by atoms with E-state index in [1.54, 1.807) is 4.90 Å². The average molecular weight is 495 g/mol. The normalized spacial score (nSPS) is 18.9. The monoisotopic (exact) mass is 494 g/mol. The van der Waals surface area contributed by atoms with Crippen molar-refractivity contribution in [2.75, 3.05) is 31.1 Å². The van der Waals surface area contributed by atoms with Gasteiger partial charge in [0.25, 0.3) is 0 Å². The number of piperidine rings is 1. The van der Waals surface area contributed by atoms with Crippen molar-refractivity contribution in [1.82, 2.24) is 15.1 Å². The summed E-state index contributed by atoms with van der Waals surface area (Å²) >= 11 is 6.23. The number of anilines is 1. The number of nitrogens with zero attached hydrogens (tertiary/aromatic N) is 4. The average Bonchev–Trinajstić information content (AvgIpc) is 2.64. The Hall–Kier alpha value is -1.38. The van der Waals surface area contributed by atoms with Gasteiger partial charge in [0.05, 0.1) is 17.0 Å². The maximum atomic E-state index is 12.3. The summed E-state index contributed by atoms with van der Waals surface area (Å²) in [5, 5.41) is 9.13. The highest BCUT2D eigenvalue weighted by Crippen LogP contribution is 2.38. The van der Waals surface area contributed by atoms with E-state index in [1.165, 1.54) is 0 Å². The van der Waals surface area contributed by atoms with E-state index in [-0.39, 0.29) is 22.7 Å². The summed E-state index contributed by atoms with van der Waals surface area (Å²) in [7, 11) is 0.484. The molecule has 0 aromatic carbocycles. The topological polar surface area (TPSA) is 67.8 Å². The number of carbonyl (C=O) groups excluding carboxylic acids is 1. The van der Waals surface area contributed by atoms with Crippen LogP contribution in [0.3, 0.4) is 0 Å². The molecule has 9 heteroatoms.